The van der Waals surface area contributed by atoms with Gasteiger partial charge in [-0.25, -0.2) is 4.79 Å². The number of carbonyl (C=O) groups is 1. The maximum absolute atomic E-state index is 11.6. The van der Waals surface area contributed by atoms with Crippen molar-refractivity contribution in [3.63, 3.8) is 0 Å². The van der Waals surface area contributed by atoms with Crippen LogP contribution in [-0.2, 0) is 9.53 Å². The maximum Gasteiger partial charge on any atom is 0.327 e. The van der Waals surface area contributed by atoms with Gasteiger partial charge in [-0.1, -0.05) is 23.2 Å². The molecule has 0 fully saturated rings. The van der Waals surface area contributed by atoms with E-state index in [0.717, 1.165) is 0 Å². The summed E-state index contributed by atoms with van der Waals surface area (Å²) in [6, 6.07) is 4.44. The van der Waals surface area contributed by atoms with Crippen molar-refractivity contribution in [3.05, 3.63) is 33.8 Å². The summed E-state index contributed by atoms with van der Waals surface area (Å²) in [6.07, 6.45) is 0. The Hall–Kier alpha value is -0.770. The lowest BCUT2D eigenvalue weighted by Crippen LogP contribution is -2.27. The number of hydrogen-bond acceptors (Lipinski definition) is 3. The van der Waals surface area contributed by atoms with Crippen LogP contribution >= 0.6 is 23.2 Å². The predicted octanol–water partition coefficient (Wildman–Crippen LogP) is 2.82. The highest BCUT2D eigenvalue weighted by Crippen LogP contribution is 2.24. The van der Waals surface area contributed by atoms with Crippen LogP contribution in [0.2, 0.25) is 10.0 Å². The summed E-state index contributed by atoms with van der Waals surface area (Å²) in [5.74, 6) is -0.344. The van der Waals surface area contributed by atoms with E-state index in [9.17, 15) is 4.79 Å². The van der Waals surface area contributed by atoms with Gasteiger partial charge in [-0.05, 0) is 37.7 Å². The van der Waals surface area contributed by atoms with Crippen LogP contribution in [0.4, 0.5) is 0 Å². The second-order valence-corrected chi connectivity index (χ2v) is 4.05. The molecular weight excluding hydrogens is 249 g/mol. The molecule has 0 saturated carbocycles. The molecule has 16 heavy (non-hydrogen) atoms. The van der Waals surface area contributed by atoms with Gasteiger partial charge < -0.3 is 10.1 Å². The van der Waals surface area contributed by atoms with E-state index in [1.165, 1.54) is 0 Å². The fourth-order valence-electron chi connectivity index (χ4n) is 1.39. The van der Waals surface area contributed by atoms with Gasteiger partial charge in [0.05, 0.1) is 6.61 Å². The van der Waals surface area contributed by atoms with Crippen LogP contribution in [-0.4, -0.2) is 19.6 Å². The van der Waals surface area contributed by atoms with Crippen LogP contribution in [0.5, 0.6) is 0 Å². The molecule has 0 aliphatic carbocycles. The van der Waals surface area contributed by atoms with Crippen LogP contribution in [0.3, 0.4) is 0 Å². The highest BCUT2D eigenvalue weighted by atomic mass is 35.5. The molecule has 1 rings (SSSR count). The standard InChI is InChI=1S/C11H13Cl2NO2/c1-3-16-11(15)10(14-2)7-4-8(12)6-9(13)5-7/h4-6,10,14H,3H2,1-2H3. The molecule has 5 heteroatoms. The largest absolute Gasteiger partial charge is 0.465 e. The lowest BCUT2D eigenvalue weighted by Gasteiger charge is -2.15. The van der Waals surface area contributed by atoms with Crippen molar-refractivity contribution < 1.29 is 9.53 Å². The number of benzene rings is 1. The predicted molar refractivity (Wildman–Crippen MR) is 64.9 cm³/mol. The number of ether oxygens (including phenoxy) is 1. The van der Waals surface area contributed by atoms with E-state index in [1.807, 2.05) is 0 Å². The Labute approximate surface area is 105 Å². The quantitative estimate of drug-likeness (QED) is 0.848. The first kappa shape index (κ1) is 13.3. The summed E-state index contributed by atoms with van der Waals surface area (Å²) in [7, 11) is 1.68. The summed E-state index contributed by atoms with van der Waals surface area (Å²) in [5.41, 5.74) is 0.693. The molecule has 1 atom stereocenters. The molecular formula is C11H13Cl2NO2. The molecule has 0 aromatic heterocycles. The van der Waals surface area contributed by atoms with Crippen molar-refractivity contribution in [1.82, 2.24) is 5.32 Å². The lowest BCUT2D eigenvalue weighted by molar-refractivity contribution is -0.145. The van der Waals surface area contributed by atoms with Gasteiger partial charge in [0.2, 0.25) is 0 Å². The third kappa shape index (κ3) is 3.37. The van der Waals surface area contributed by atoms with E-state index < -0.39 is 6.04 Å². The van der Waals surface area contributed by atoms with Crippen LogP contribution in [0.25, 0.3) is 0 Å². The molecule has 0 aliphatic heterocycles. The minimum atomic E-state index is -0.545. The normalized spacial score (nSPS) is 12.2. The zero-order chi connectivity index (χ0) is 12.1. The van der Waals surface area contributed by atoms with Gasteiger partial charge in [-0.3, -0.25) is 0 Å². The number of esters is 1. The molecule has 0 bridgehead atoms. The van der Waals surface area contributed by atoms with Crippen LogP contribution in [0.1, 0.15) is 18.5 Å². The van der Waals surface area contributed by atoms with Crippen LogP contribution < -0.4 is 5.32 Å². The number of halogens is 2. The third-order valence-corrected chi connectivity index (χ3v) is 2.47. The number of rotatable bonds is 4. The van der Waals surface area contributed by atoms with E-state index in [-0.39, 0.29) is 5.97 Å². The van der Waals surface area contributed by atoms with Gasteiger partial charge in [0.1, 0.15) is 6.04 Å². The van der Waals surface area contributed by atoms with Crippen molar-refractivity contribution in [3.8, 4) is 0 Å². The fourth-order valence-corrected chi connectivity index (χ4v) is 1.93. The Bertz CT molecular complexity index is 362. The molecule has 0 spiro atoms. The average molecular weight is 262 g/mol. The number of hydrogen-bond donors (Lipinski definition) is 1. The second kappa shape index (κ2) is 6.09. The van der Waals surface area contributed by atoms with Crippen molar-refractivity contribution in [1.29, 1.82) is 0 Å². The Morgan fingerprint density at radius 1 is 1.38 bits per heavy atom. The maximum atomic E-state index is 11.6. The van der Waals surface area contributed by atoms with E-state index in [1.54, 1.807) is 32.2 Å². The van der Waals surface area contributed by atoms with Crippen LogP contribution in [0.15, 0.2) is 18.2 Å². The molecule has 0 radical (unpaired) electrons. The summed E-state index contributed by atoms with van der Waals surface area (Å²) >= 11 is 11.7. The summed E-state index contributed by atoms with van der Waals surface area (Å²) in [4.78, 5) is 11.6. The monoisotopic (exact) mass is 261 g/mol. The van der Waals surface area contributed by atoms with E-state index in [4.69, 9.17) is 27.9 Å². The lowest BCUT2D eigenvalue weighted by atomic mass is 10.1. The molecule has 1 unspecified atom stereocenters. The third-order valence-electron chi connectivity index (χ3n) is 2.03. The SMILES string of the molecule is CCOC(=O)C(NC)c1cc(Cl)cc(Cl)c1. The zero-order valence-corrected chi connectivity index (χ0v) is 10.6. The Morgan fingerprint density at radius 2 is 1.94 bits per heavy atom. The minimum absolute atomic E-state index is 0.339. The summed E-state index contributed by atoms with van der Waals surface area (Å²) in [6.45, 7) is 2.10. The van der Waals surface area contributed by atoms with Gasteiger partial charge in [-0.2, -0.15) is 0 Å². The van der Waals surface area contributed by atoms with Crippen molar-refractivity contribution >= 4 is 29.2 Å². The number of likely N-dealkylation sites (N-methyl/N-ethyl adjacent to an activating group) is 1. The van der Waals surface area contributed by atoms with E-state index in [0.29, 0.717) is 22.2 Å². The highest BCUT2D eigenvalue weighted by molar-refractivity contribution is 6.34. The van der Waals surface area contributed by atoms with E-state index in [2.05, 4.69) is 5.32 Å². The molecule has 1 N–H and O–H groups in total. The zero-order valence-electron chi connectivity index (χ0n) is 9.09. The van der Waals surface area contributed by atoms with Crippen molar-refractivity contribution in [2.45, 2.75) is 13.0 Å². The van der Waals surface area contributed by atoms with Crippen molar-refractivity contribution in [2.75, 3.05) is 13.7 Å². The topological polar surface area (TPSA) is 38.3 Å². The highest BCUT2D eigenvalue weighted by Gasteiger charge is 2.20. The smallest absolute Gasteiger partial charge is 0.327 e. The number of nitrogens with one attached hydrogen (secondary N) is 1. The molecule has 1 aromatic carbocycles. The first-order valence-corrected chi connectivity index (χ1v) is 5.64. The molecule has 0 amide bonds. The molecule has 0 heterocycles. The molecule has 88 valence electrons. The average Bonchev–Trinajstić information content (AvgIpc) is 2.17. The van der Waals surface area contributed by atoms with Gasteiger partial charge in [-0.15, -0.1) is 0 Å². The first-order chi connectivity index (χ1) is 7.58. The van der Waals surface area contributed by atoms with Gasteiger partial charge >= 0.3 is 5.97 Å². The van der Waals surface area contributed by atoms with Gasteiger partial charge in [0.15, 0.2) is 0 Å². The Kier molecular flexibility index (Phi) is 5.06. The number of carbonyl (C=O) groups excluding carboxylic acids is 1. The minimum Gasteiger partial charge on any atom is -0.465 e. The van der Waals surface area contributed by atoms with E-state index >= 15 is 0 Å². The molecule has 1 aromatic rings. The summed E-state index contributed by atoms with van der Waals surface area (Å²) in [5, 5.41) is 3.85. The second-order valence-electron chi connectivity index (χ2n) is 3.18. The summed E-state index contributed by atoms with van der Waals surface area (Å²) < 4.78 is 4.94. The molecule has 0 saturated heterocycles. The Morgan fingerprint density at radius 3 is 2.38 bits per heavy atom. The molecule has 3 nitrogen and oxygen atoms in total. The first-order valence-electron chi connectivity index (χ1n) is 4.88. The fraction of sp³-hybridized carbons (Fsp3) is 0.364. The Balaban J connectivity index is 2.98. The molecule has 0 aliphatic rings. The van der Waals surface area contributed by atoms with Crippen molar-refractivity contribution in [2.24, 2.45) is 0 Å². The van der Waals surface area contributed by atoms with Gasteiger partial charge in [0, 0.05) is 10.0 Å². The van der Waals surface area contributed by atoms with Crippen LogP contribution in [0, 0.1) is 0 Å². The van der Waals surface area contributed by atoms with Gasteiger partial charge in [0.25, 0.3) is 0 Å².